The summed E-state index contributed by atoms with van der Waals surface area (Å²) in [5.74, 6) is -0.0904. The molecule has 1 unspecified atom stereocenters. The highest BCUT2D eigenvalue weighted by Gasteiger charge is 2.32. The molecule has 3 aromatic rings. The number of carbonyl (C=O) groups excluding carboxylic acids is 1. The first kappa shape index (κ1) is 21.4. The Labute approximate surface area is 176 Å². The molecule has 1 atom stereocenters. The maximum Gasteiger partial charge on any atom is 0.417 e. The number of carbonyl (C=O) groups is 1. The van der Waals surface area contributed by atoms with Gasteiger partial charge in [-0.3, -0.25) is 14.1 Å². The van der Waals surface area contributed by atoms with E-state index in [1.54, 1.807) is 25.1 Å². The van der Waals surface area contributed by atoms with E-state index < -0.39 is 27.8 Å². The number of pyridine rings is 1. The maximum absolute atomic E-state index is 12.8. The zero-order chi connectivity index (χ0) is 21.3. The second kappa shape index (κ2) is 8.17. The van der Waals surface area contributed by atoms with E-state index in [0.717, 1.165) is 5.56 Å². The van der Waals surface area contributed by atoms with Crippen LogP contribution in [0.25, 0.3) is 5.82 Å². The van der Waals surface area contributed by atoms with Crippen LogP contribution in [0.2, 0.25) is 10.0 Å². The molecule has 0 aliphatic heterocycles. The number of rotatable bonds is 4. The van der Waals surface area contributed by atoms with Crippen molar-refractivity contribution in [2.45, 2.75) is 13.1 Å². The zero-order valence-electron chi connectivity index (χ0n) is 14.6. The second-order valence-corrected chi connectivity index (χ2v) is 7.84. The predicted octanol–water partition coefficient (Wildman–Crippen LogP) is 5.42. The van der Waals surface area contributed by atoms with Crippen molar-refractivity contribution < 1.29 is 22.2 Å². The van der Waals surface area contributed by atoms with Gasteiger partial charge in [-0.1, -0.05) is 23.2 Å². The van der Waals surface area contributed by atoms with Crippen LogP contribution < -0.4 is 4.72 Å². The number of anilines is 1. The number of benzene rings is 1. The molecule has 152 valence electrons. The van der Waals surface area contributed by atoms with Crippen molar-refractivity contribution >= 4 is 45.0 Å². The molecule has 29 heavy (non-hydrogen) atoms. The molecule has 0 amide bonds. The van der Waals surface area contributed by atoms with Gasteiger partial charge in [0.2, 0.25) is 0 Å². The van der Waals surface area contributed by atoms with Crippen molar-refractivity contribution in [3.63, 3.8) is 0 Å². The first-order valence-corrected chi connectivity index (χ1v) is 9.88. The molecule has 0 bridgehead atoms. The summed E-state index contributed by atoms with van der Waals surface area (Å²) in [7, 11) is -2.17. The van der Waals surface area contributed by atoms with Gasteiger partial charge in [0, 0.05) is 23.1 Å². The summed E-state index contributed by atoms with van der Waals surface area (Å²) in [4.78, 5) is 16.4. The maximum atomic E-state index is 12.8. The normalized spacial score (nSPS) is 12.6. The Balaban J connectivity index is 1.88. The second-order valence-electron chi connectivity index (χ2n) is 5.91. The molecule has 1 N–H and O–H groups in total. The SMILES string of the molecule is Cc1cc(NS(=O)C(=O)c2cccn2-c2ncc(C(F)(F)F)cc2Cl)ccc1Cl. The van der Waals surface area contributed by atoms with E-state index in [2.05, 4.69) is 9.71 Å². The van der Waals surface area contributed by atoms with Crippen LogP contribution in [0.5, 0.6) is 0 Å². The lowest BCUT2D eigenvalue weighted by atomic mass is 10.2. The molecule has 1 aromatic carbocycles. The Bertz CT molecular complexity index is 1120. The molecule has 0 fully saturated rings. The number of nitrogens with one attached hydrogen (secondary N) is 1. The number of nitrogens with zero attached hydrogens (tertiary/aromatic N) is 2. The van der Waals surface area contributed by atoms with Gasteiger partial charge in [0.15, 0.2) is 16.8 Å². The van der Waals surface area contributed by atoms with Gasteiger partial charge in [-0.05, 0) is 48.9 Å². The van der Waals surface area contributed by atoms with Crippen LogP contribution in [-0.2, 0) is 17.2 Å². The van der Waals surface area contributed by atoms with Gasteiger partial charge in [-0.25, -0.2) is 9.19 Å². The molecular formula is C18H12Cl2F3N3O2S. The lowest BCUT2D eigenvalue weighted by molar-refractivity contribution is -0.137. The zero-order valence-corrected chi connectivity index (χ0v) is 17.0. The Hall–Kier alpha value is -2.36. The lowest BCUT2D eigenvalue weighted by Crippen LogP contribution is -2.19. The highest BCUT2D eigenvalue weighted by molar-refractivity contribution is 8.02. The average molecular weight is 462 g/mol. The average Bonchev–Trinajstić information content (AvgIpc) is 3.12. The molecule has 5 nitrogen and oxygen atoms in total. The first-order chi connectivity index (χ1) is 13.6. The number of hydrogen-bond acceptors (Lipinski definition) is 3. The molecule has 0 saturated heterocycles. The summed E-state index contributed by atoms with van der Waals surface area (Å²) in [6.45, 7) is 1.75. The van der Waals surface area contributed by atoms with Crippen molar-refractivity contribution in [2.24, 2.45) is 0 Å². The van der Waals surface area contributed by atoms with Crippen LogP contribution in [-0.4, -0.2) is 18.9 Å². The molecule has 0 aliphatic rings. The number of aromatic nitrogens is 2. The molecule has 0 radical (unpaired) electrons. The number of halogens is 5. The topological polar surface area (TPSA) is 64.0 Å². The van der Waals surface area contributed by atoms with Gasteiger partial charge < -0.3 is 0 Å². The van der Waals surface area contributed by atoms with E-state index >= 15 is 0 Å². The monoisotopic (exact) mass is 461 g/mol. The Morgan fingerprint density at radius 1 is 1.17 bits per heavy atom. The van der Waals surface area contributed by atoms with Crippen LogP contribution in [0.3, 0.4) is 0 Å². The van der Waals surface area contributed by atoms with Crippen molar-refractivity contribution in [3.8, 4) is 5.82 Å². The molecule has 0 spiro atoms. The Morgan fingerprint density at radius 2 is 1.90 bits per heavy atom. The third-order valence-corrected chi connectivity index (χ3v) is 5.54. The van der Waals surface area contributed by atoms with Crippen molar-refractivity contribution in [2.75, 3.05) is 4.72 Å². The standard InChI is InChI=1S/C18H12Cl2F3N3O2S/c1-10-7-12(4-5-13(10)19)25-29(28)17(27)15-3-2-6-26(15)16-14(20)8-11(9-24-16)18(21,22)23/h2-9,25H,1H3. The summed E-state index contributed by atoms with van der Waals surface area (Å²) in [6, 6.07) is 8.32. The molecule has 0 aliphatic carbocycles. The van der Waals surface area contributed by atoms with Gasteiger partial charge in [-0.15, -0.1) is 0 Å². The van der Waals surface area contributed by atoms with Crippen molar-refractivity contribution in [1.82, 2.24) is 9.55 Å². The summed E-state index contributed by atoms with van der Waals surface area (Å²) < 4.78 is 54.6. The van der Waals surface area contributed by atoms with Gasteiger partial charge in [0.1, 0.15) is 5.69 Å². The van der Waals surface area contributed by atoms with E-state index in [0.29, 0.717) is 23.0 Å². The number of alkyl halides is 3. The van der Waals surface area contributed by atoms with Crippen LogP contribution in [0.15, 0.2) is 48.8 Å². The highest BCUT2D eigenvalue weighted by atomic mass is 35.5. The van der Waals surface area contributed by atoms with Gasteiger partial charge >= 0.3 is 6.18 Å². The fourth-order valence-corrected chi connectivity index (χ4v) is 3.62. The number of aryl methyl sites for hydroxylation is 1. The smallest absolute Gasteiger partial charge is 0.298 e. The van der Waals surface area contributed by atoms with E-state index in [-0.39, 0.29) is 16.5 Å². The van der Waals surface area contributed by atoms with Crippen molar-refractivity contribution in [1.29, 1.82) is 0 Å². The van der Waals surface area contributed by atoms with E-state index in [1.807, 2.05) is 0 Å². The van der Waals surface area contributed by atoms with Gasteiger partial charge in [0.05, 0.1) is 10.6 Å². The minimum Gasteiger partial charge on any atom is -0.298 e. The lowest BCUT2D eigenvalue weighted by Gasteiger charge is -2.12. The summed E-state index contributed by atoms with van der Waals surface area (Å²) in [5.41, 5.74) is 0.0675. The fourth-order valence-electron chi connectivity index (χ4n) is 2.45. The molecule has 0 saturated carbocycles. The molecule has 11 heteroatoms. The first-order valence-electron chi connectivity index (χ1n) is 7.97. The van der Waals surface area contributed by atoms with E-state index in [1.165, 1.54) is 22.9 Å². The van der Waals surface area contributed by atoms with Crippen LogP contribution in [0, 0.1) is 6.92 Å². The predicted molar refractivity (Wildman–Crippen MR) is 106 cm³/mol. The van der Waals surface area contributed by atoms with Crippen molar-refractivity contribution in [3.05, 3.63) is 75.7 Å². The highest BCUT2D eigenvalue weighted by Crippen LogP contribution is 2.32. The van der Waals surface area contributed by atoms with E-state index in [4.69, 9.17) is 23.2 Å². The molecular weight excluding hydrogens is 450 g/mol. The van der Waals surface area contributed by atoms with Gasteiger partial charge in [-0.2, -0.15) is 13.2 Å². The van der Waals surface area contributed by atoms with Gasteiger partial charge in [0.25, 0.3) is 5.12 Å². The summed E-state index contributed by atoms with van der Waals surface area (Å²) >= 11 is 11.9. The molecule has 2 aromatic heterocycles. The third-order valence-electron chi connectivity index (χ3n) is 3.87. The summed E-state index contributed by atoms with van der Waals surface area (Å²) in [6.07, 6.45) is -2.61. The van der Waals surface area contributed by atoms with Crippen LogP contribution in [0.1, 0.15) is 21.6 Å². The fraction of sp³-hybridized carbons (Fsp3) is 0.111. The summed E-state index contributed by atoms with van der Waals surface area (Å²) in [5, 5.41) is -0.595. The minimum atomic E-state index is -4.60. The molecule has 3 rings (SSSR count). The molecule has 2 heterocycles. The Morgan fingerprint density at radius 3 is 2.52 bits per heavy atom. The van der Waals surface area contributed by atoms with Crippen LogP contribution >= 0.6 is 23.2 Å². The Kier molecular flexibility index (Phi) is 6.02. The van der Waals surface area contributed by atoms with Crippen LogP contribution in [0.4, 0.5) is 18.9 Å². The largest absolute Gasteiger partial charge is 0.417 e. The minimum absolute atomic E-state index is 0.0596. The number of hydrogen-bond donors (Lipinski definition) is 1. The quantitative estimate of drug-likeness (QED) is 0.563. The van der Waals surface area contributed by atoms with E-state index in [9.17, 15) is 22.2 Å². The third kappa shape index (κ3) is 4.63.